The number of fused-ring (bicyclic) bond motifs is 1. The van der Waals surface area contributed by atoms with E-state index in [9.17, 15) is 4.39 Å². The molecule has 3 rings (SSSR count). The molecule has 0 saturated carbocycles. The summed E-state index contributed by atoms with van der Waals surface area (Å²) in [6.07, 6.45) is 4.30. The summed E-state index contributed by atoms with van der Waals surface area (Å²) in [6.45, 7) is 4.03. The van der Waals surface area contributed by atoms with Gasteiger partial charge in [0.15, 0.2) is 17.3 Å². The van der Waals surface area contributed by atoms with Gasteiger partial charge >= 0.3 is 0 Å². The molecular formula is C13H13FN6. The molecule has 0 amide bonds. The predicted molar refractivity (Wildman–Crippen MR) is 73.3 cm³/mol. The van der Waals surface area contributed by atoms with Crippen molar-refractivity contribution in [3.05, 3.63) is 30.6 Å². The van der Waals surface area contributed by atoms with Crippen LogP contribution in [-0.4, -0.2) is 24.5 Å². The summed E-state index contributed by atoms with van der Waals surface area (Å²) in [4.78, 5) is 16.6. The van der Waals surface area contributed by atoms with Gasteiger partial charge in [-0.3, -0.25) is 4.98 Å². The maximum Gasteiger partial charge on any atom is 0.166 e. The predicted octanol–water partition coefficient (Wildman–Crippen LogP) is 2.19. The molecule has 2 N–H and O–H groups in total. The number of rotatable bonds is 2. The highest BCUT2D eigenvalue weighted by Gasteiger charge is 2.14. The van der Waals surface area contributed by atoms with Crippen LogP contribution in [0.25, 0.3) is 22.6 Å². The Hall–Kier alpha value is -2.57. The lowest BCUT2D eigenvalue weighted by Gasteiger charge is -2.08. The third-order valence-electron chi connectivity index (χ3n) is 2.97. The number of nitrogens with two attached hydrogens (primary N) is 1. The standard InChI is InChI=1S/C13H13FN6/c1-7(2)20-6-17-10-11(15)18-12(19-13(10)20)8-3-9(14)5-16-4-8/h3-7H,1-2H3,(H2,15,18,19). The minimum absolute atomic E-state index is 0.188. The number of nitrogens with zero attached hydrogens (tertiary/aromatic N) is 5. The van der Waals surface area contributed by atoms with Crippen molar-refractivity contribution < 1.29 is 4.39 Å². The third kappa shape index (κ3) is 1.97. The van der Waals surface area contributed by atoms with Gasteiger partial charge in [-0.05, 0) is 19.9 Å². The van der Waals surface area contributed by atoms with Crippen LogP contribution in [0.15, 0.2) is 24.8 Å². The molecule has 6 nitrogen and oxygen atoms in total. The number of hydrogen-bond donors (Lipinski definition) is 1. The van der Waals surface area contributed by atoms with Crippen LogP contribution < -0.4 is 5.73 Å². The highest BCUT2D eigenvalue weighted by Crippen LogP contribution is 2.23. The van der Waals surface area contributed by atoms with Crippen molar-refractivity contribution >= 4 is 17.0 Å². The van der Waals surface area contributed by atoms with Crippen LogP contribution in [0, 0.1) is 5.82 Å². The second-order valence-electron chi connectivity index (χ2n) is 4.74. The van der Waals surface area contributed by atoms with Crippen LogP contribution >= 0.6 is 0 Å². The molecule has 3 aromatic heterocycles. The first-order valence-corrected chi connectivity index (χ1v) is 6.17. The first-order valence-electron chi connectivity index (χ1n) is 6.17. The van der Waals surface area contributed by atoms with Crippen molar-refractivity contribution in [1.29, 1.82) is 0 Å². The Morgan fingerprint density at radius 3 is 2.75 bits per heavy atom. The van der Waals surface area contributed by atoms with Gasteiger partial charge in [0.25, 0.3) is 0 Å². The Kier molecular flexibility index (Phi) is 2.81. The number of halogens is 1. The summed E-state index contributed by atoms with van der Waals surface area (Å²) < 4.78 is 15.1. The summed E-state index contributed by atoms with van der Waals surface area (Å²) >= 11 is 0. The molecule has 0 aliphatic rings. The second-order valence-corrected chi connectivity index (χ2v) is 4.74. The fourth-order valence-corrected chi connectivity index (χ4v) is 1.98. The Balaban J connectivity index is 2.25. The Labute approximate surface area is 114 Å². The van der Waals surface area contributed by atoms with Crippen LogP contribution in [0.1, 0.15) is 19.9 Å². The van der Waals surface area contributed by atoms with Crippen molar-refractivity contribution in [2.45, 2.75) is 19.9 Å². The number of hydrogen-bond acceptors (Lipinski definition) is 5. The molecule has 0 aliphatic heterocycles. The molecule has 0 saturated heterocycles. The van der Waals surface area contributed by atoms with Crippen LogP contribution in [0.5, 0.6) is 0 Å². The quantitative estimate of drug-likeness (QED) is 0.773. The van der Waals surface area contributed by atoms with E-state index in [1.165, 1.54) is 12.3 Å². The smallest absolute Gasteiger partial charge is 0.166 e. The lowest BCUT2D eigenvalue weighted by Crippen LogP contribution is -2.03. The molecule has 0 aromatic carbocycles. The van der Waals surface area contributed by atoms with Gasteiger partial charge in [-0.2, -0.15) is 0 Å². The van der Waals surface area contributed by atoms with Crippen molar-refractivity contribution in [2.75, 3.05) is 5.73 Å². The minimum Gasteiger partial charge on any atom is -0.382 e. The molecule has 0 bridgehead atoms. The van der Waals surface area contributed by atoms with Gasteiger partial charge < -0.3 is 10.3 Å². The number of nitrogen functional groups attached to an aromatic ring is 1. The van der Waals surface area contributed by atoms with Crippen molar-refractivity contribution in [3.63, 3.8) is 0 Å². The van der Waals surface area contributed by atoms with Gasteiger partial charge in [0.2, 0.25) is 0 Å². The van der Waals surface area contributed by atoms with Crippen LogP contribution in [0.4, 0.5) is 10.2 Å². The SMILES string of the molecule is CC(C)n1cnc2c(N)nc(-c3cncc(F)c3)nc21. The van der Waals surface area contributed by atoms with Gasteiger partial charge in [-0.15, -0.1) is 0 Å². The zero-order chi connectivity index (χ0) is 14.3. The van der Waals surface area contributed by atoms with E-state index < -0.39 is 5.82 Å². The van der Waals surface area contributed by atoms with Crippen LogP contribution in [0.3, 0.4) is 0 Å². The van der Waals surface area contributed by atoms with E-state index in [1.54, 1.807) is 6.33 Å². The number of anilines is 1. The summed E-state index contributed by atoms with van der Waals surface area (Å²) in [5, 5.41) is 0. The van der Waals surface area contributed by atoms with E-state index >= 15 is 0 Å². The van der Waals surface area contributed by atoms with E-state index in [1.807, 2.05) is 18.4 Å². The summed E-state index contributed by atoms with van der Waals surface area (Å²) in [5.41, 5.74) is 7.57. The number of aromatic nitrogens is 5. The van der Waals surface area contributed by atoms with E-state index in [-0.39, 0.29) is 11.9 Å². The molecule has 0 aliphatic carbocycles. The number of imidazole rings is 1. The van der Waals surface area contributed by atoms with Gasteiger partial charge in [0.05, 0.1) is 12.5 Å². The van der Waals surface area contributed by atoms with E-state index in [2.05, 4.69) is 19.9 Å². The van der Waals surface area contributed by atoms with Crippen LogP contribution in [0.2, 0.25) is 0 Å². The zero-order valence-electron chi connectivity index (χ0n) is 11.1. The minimum atomic E-state index is -0.442. The topological polar surface area (TPSA) is 82.5 Å². The van der Waals surface area contributed by atoms with Crippen LogP contribution in [-0.2, 0) is 0 Å². The summed E-state index contributed by atoms with van der Waals surface area (Å²) in [7, 11) is 0. The average Bonchev–Trinajstić information content (AvgIpc) is 2.83. The maximum atomic E-state index is 13.2. The molecule has 0 fully saturated rings. The maximum absolute atomic E-state index is 13.2. The summed E-state index contributed by atoms with van der Waals surface area (Å²) in [5.74, 6) is 0.167. The highest BCUT2D eigenvalue weighted by molar-refractivity contribution is 5.83. The van der Waals surface area contributed by atoms with Gasteiger partial charge in [0, 0.05) is 17.8 Å². The first-order chi connectivity index (χ1) is 9.56. The van der Waals surface area contributed by atoms with Crippen molar-refractivity contribution in [2.24, 2.45) is 0 Å². The van der Waals surface area contributed by atoms with Crippen molar-refractivity contribution in [3.8, 4) is 11.4 Å². The normalized spacial score (nSPS) is 11.4. The molecule has 3 aromatic rings. The molecule has 20 heavy (non-hydrogen) atoms. The van der Waals surface area contributed by atoms with Gasteiger partial charge in [-0.1, -0.05) is 0 Å². The van der Waals surface area contributed by atoms with E-state index in [0.29, 0.717) is 22.6 Å². The molecule has 0 atom stereocenters. The monoisotopic (exact) mass is 272 g/mol. The second kappa shape index (κ2) is 4.52. The molecular weight excluding hydrogens is 259 g/mol. The Bertz CT molecular complexity index is 780. The van der Waals surface area contributed by atoms with E-state index in [4.69, 9.17) is 5.73 Å². The zero-order valence-corrected chi connectivity index (χ0v) is 11.1. The van der Waals surface area contributed by atoms with E-state index in [0.717, 1.165) is 6.20 Å². The molecule has 3 heterocycles. The fraction of sp³-hybridized carbons (Fsp3) is 0.231. The van der Waals surface area contributed by atoms with Crippen molar-refractivity contribution in [1.82, 2.24) is 24.5 Å². The molecule has 7 heteroatoms. The average molecular weight is 272 g/mol. The molecule has 0 radical (unpaired) electrons. The molecule has 0 unspecified atom stereocenters. The highest BCUT2D eigenvalue weighted by atomic mass is 19.1. The molecule has 102 valence electrons. The first kappa shape index (κ1) is 12.5. The number of pyridine rings is 1. The van der Waals surface area contributed by atoms with Gasteiger partial charge in [-0.25, -0.2) is 19.3 Å². The largest absolute Gasteiger partial charge is 0.382 e. The lowest BCUT2D eigenvalue weighted by atomic mass is 10.2. The third-order valence-corrected chi connectivity index (χ3v) is 2.97. The molecule has 0 spiro atoms. The van der Waals surface area contributed by atoms with Gasteiger partial charge in [0.1, 0.15) is 11.3 Å². The fourth-order valence-electron chi connectivity index (χ4n) is 1.98. The Morgan fingerprint density at radius 1 is 1.25 bits per heavy atom. The summed E-state index contributed by atoms with van der Waals surface area (Å²) in [6, 6.07) is 1.51. The lowest BCUT2D eigenvalue weighted by molar-refractivity contribution is 0.612. The Morgan fingerprint density at radius 2 is 2.05 bits per heavy atom.